The van der Waals surface area contributed by atoms with E-state index in [4.69, 9.17) is 0 Å². The number of nitrogens with zero attached hydrogens (tertiary/aromatic N) is 3. The number of aromatic nitrogens is 3. The molecule has 0 radical (unpaired) electrons. The van der Waals surface area contributed by atoms with Gasteiger partial charge in [-0.25, -0.2) is 13.8 Å². The minimum atomic E-state index is -1.95. The lowest BCUT2D eigenvalue weighted by molar-refractivity contribution is 0.139. The quantitative estimate of drug-likeness (QED) is 0.864. The van der Waals surface area contributed by atoms with Crippen LogP contribution in [0.3, 0.4) is 0 Å². The topological polar surface area (TPSA) is 50.9 Å². The van der Waals surface area contributed by atoms with Crippen LogP contribution in [0, 0.1) is 11.6 Å². The van der Waals surface area contributed by atoms with Crippen LogP contribution in [0.4, 0.5) is 8.78 Å². The van der Waals surface area contributed by atoms with Gasteiger partial charge in [0.2, 0.25) is 0 Å². The van der Waals surface area contributed by atoms with Crippen LogP contribution in [-0.4, -0.2) is 34.0 Å². The van der Waals surface area contributed by atoms with Gasteiger partial charge in [0, 0.05) is 11.6 Å². The standard InChI is InChI=1S/C14H19F2N3OSi/c1-21(2,3)14(11-5-4-10(15)6-12(11)16)13(20)7-19-9-17-8-18-19/h4-6,8-9,13-14,20H,7H2,1-3H3. The SMILES string of the molecule is C[Si](C)(C)C(c1ccc(F)cc1F)C(O)Cn1cncn1. The summed E-state index contributed by atoms with van der Waals surface area (Å²) in [5, 5.41) is 14.5. The summed E-state index contributed by atoms with van der Waals surface area (Å²) in [7, 11) is -1.95. The second kappa shape index (κ2) is 6.03. The van der Waals surface area contributed by atoms with Gasteiger partial charge < -0.3 is 5.11 Å². The van der Waals surface area contributed by atoms with Crippen LogP contribution in [-0.2, 0) is 6.54 Å². The van der Waals surface area contributed by atoms with Gasteiger partial charge in [0.1, 0.15) is 24.3 Å². The minimum Gasteiger partial charge on any atom is -0.391 e. The average Bonchev–Trinajstić information content (AvgIpc) is 2.83. The van der Waals surface area contributed by atoms with Crippen LogP contribution in [0.1, 0.15) is 11.1 Å². The lowest BCUT2D eigenvalue weighted by Crippen LogP contribution is -2.41. The van der Waals surface area contributed by atoms with Gasteiger partial charge in [-0.2, -0.15) is 5.10 Å². The first kappa shape index (κ1) is 15.8. The van der Waals surface area contributed by atoms with Gasteiger partial charge in [-0.15, -0.1) is 0 Å². The summed E-state index contributed by atoms with van der Waals surface area (Å²) >= 11 is 0. The van der Waals surface area contributed by atoms with Crippen molar-refractivity contribution in [1.82, 2.24) is 14.8 Å². The summed E-state index contributed by atoms with van der Waals surface area (Å²) in [6.07, 6.45) is 2.08. The molecule has 0 amide bonds. The van der Waals surface area contributed by atoms with Crippen LogP contribution < -0.4 is 0 Å². The Balaban J connectivity index is 2.34. The van der Waals surface area contributed by atoms with E-state index in [-0.39, 0.29) is 12.1 Å². The van der Waals surface area contributed by atoms with Crippen LogP contribution in [0.5, 0.6) is 0 Å². The van der Waals surface area contributed by atoms with Crippen molar-refractivity contribution in [3.8, 4) is 0 Å². The molecule has 0 aliphatic heterocycles. The average molecular weight is 311 g/mol. The first-order chi connectivity index (χ1) is 9.79. The predicted molar refractivity (Wildman–Crippen MR) is 78.5 cm³/mol. The van der Waals surface area contributed by atoms with E-state index in [1.807, 2.05) is 19.6 Å². The third-order valence-corrected chi connectivity index (χ3v) is 6.02. The molecular formula is C14H19F2N3OSi. The molecule has 2 aromatic rings. The summed E-state index contributed by atoms with van der Waals surface area (Å²) < 4.78 is 28.7. The number of aliphatic hydroxyl groups excluding tert-OH is 1. The molecule has 4 nitrogen and oxygen atoms in total. The van der Waals surface area contributed by atoms with Crippen molar-refractivity contribution < 1.29 is 13.9 Å². The maximum Gasteiger partial charge on any atom is 0.137 e. The van der Waals surface area contributed by atoms with E-state index in [1.54, 1.807) is 0 Å². The molecule has 1 N–H and O–H groups in total. The van der Waals surface area contributed by atoms with Crippen molar-refractivity contribution >= 4 is 8.07 Å². The Morgan fingerprint density at radius 2 is 2.00 bits per heavy atom. The van der Waals surface area contributed by atoms with Crippen molar-refractivity contribution in [3.05, 3.63) is 48.1 Å². The highest BCUT2D eigenvalue weighted by atomic mass is 28.3. The molecule has 0 bridgehead atoms. The molecular weight excluding hydrogens is 292 g/mol. The molecule has 0 saturated carbocycles. The highest BCUT2D eigenvalue weighted by molar-refractivity contribution is 6.77. The monoisotopic (exact) mass is 311 g/mol. The maximum absolute atomic E-state index is 14.1. The number of rotatable bonds is 5. The third-order valence-electron chi connectivity index (χ3n) is 3.46. The summed E-state index contributed by atoms with van der Waals surface area (Å²) in [6, 6.07) is 3.52. The molecule has 114 valence electrons. The molecule has 21 heavy (non-hydrogen) atoms. The van der Waals surface area contributed by atoms with E-state index < -0.39 is 25.8 Å². The third kappa shape index (κ3) is 3.73. The van der Waals surface area contributed by atoms with Gasteiger partial charge in [-0.05, 0) is 11.6 Å². The van der Waals surface area contributed by atoms with E-state index >= 15 is 0 Å². The van der Waals surface area contributed by atoms with Gasteiger partial charge in [0.25, 0.3) is 0 Å². The summed E-state index contributed by atoms with van der Waals surface area (Å²) in [6.45, 7) is 6.37. The lowest BCUT2D eigenvalue weighted by Gasteiger charge is -2.33. The molecule has 1 heterocycles. The summed E-state index contributed by atoms with van der Waals surface area (Å²) in [5.74, 6) is -1.23. The molecule has 0 fully saturated rings. The second-order valence-electron chi connectivity index (χ2n) is 6.19. The van der Waals surface area contributed by atoms with Crippen molar-refractivity contribution in [2.24, 2.45) is 0 Å². The van der Waals surface area contributed by atoms with Gasteiger partial charge >= 0.3 is 0 Å². The lowest BCUT2D eigenvalue weighted by atomic mass is 10.1. The predicted octanol–water partition coefficient (Wildman–Crippen LogP) is 2.58. The molecule has 1 aromatic heterocycles. The molecule has 0 aliphatic carbocycles. The van der Waals surface area contributed by atoms with Crippen molar-refractivity contribution in [3.63, 3.8) is 0 Å². The van der Waals surface area contributed by atoms with Gasteiger partial charge in [-0.1, -0.05) is 25.7 Å². The van der Waals surface area contributed by atoms with Crippen molar-refractivity contribution in [2.75, 3.05) is 0 Å². The Morgan fingerprint density at radius 1 is 1.29 bits per heavy atom. The number of hydrogen-bond donors (Lipinski definition) is 1. The Morgan fingerprint density at radius 3 is 2.52 bits per heavy atom. The Kier molecular flexibility index (Phi) is 4.53. The number of aliphatic hydroxyl groups is 1. The number of benzene rings is 1. The molecule has 2 rings (SSSR count). The fourth-order valence-electron chi connectivity index (χ4n) is 2.63. The first-order valence-corrected chi connectivity index (χ1v) is 10.3. The molecule has 1 aromatic carbocycles. The highest BCUT2D eigenvalue weighted by Gasteiger charge is 2.36. The Bertz CT molecular complexity index is 599. The molecule has 7 heteroatoms. The van der Waals surface area contributed by atoms with Crippen LogP contribution in [0.15, 0.2) is 30.9 Å². The number of hydrogen-bond acceptors (Lipinski definition) is 3. The van der Waals surface area contributed by atoms with Gasteiger partial charge in [-0.3, -0.25) is 4.68 Å². The molecule has 0 spiro atoms. The van der Waals surface area contributed by atoms with Crippen LogP contribution >= 0.6 is 0 Å². The molecule has 2 atom stereocenters. The summed E-state index contributed by atoms with van der Waals surface area (Å²) in [4.78, 5) is 3.83. The fourth-order valence-corrected chi connectivity index (χ4v) is 5.06. The number of halogens is 2. The smallest absolute Gasteiger partial charge is 0.137 e. The molecule has 0 saturated heterocycles. The fraction of sp³-hybridized carbons (Fsp3) is 0.429. The van der Waals surface area contributed by atoms with E-state index in [2.05, 4.69) is 10.1 Å². The van der Waals surface area contributed by atoms with Crippen LogP contribution in [0.2, 0.25) is 19.6 Å². The van der Waals surface area contributed by atoms with Crippen molar-refractivity contribution in [1.29, 1.82) is 0 Å². The normalized spacial score (nSPS) is 15.0. The molecule has 2 unspecified atom stereocenters. The second-order valence-corrected chi connectivity index (χ2v) is 11.5. The summed E-state index contributed by atoms with van der Waals surface area (Å²) in [5.41, 5.74) is 0.00508. The Labute approximate surface area is 123 Å². The van der Waals surface area contributed by atoms with Crippen molar-refractivity contribution in [2.45, 2.75) is 37.8 Å². The maximum atomic E-state index is 14.1. The Hall–Kier alpha value is -1.60. The minimum absolute atomic E-state index is 0.228. The van der Waals surface area contributed by atoms with Gasteiger partial charge in [0.15, 0.2) is 0 Å². The molecule has 0 aliphatic rings. The highest BCUT2D eigenvalue weighted by Crippen LogP contribution is 2.33. The largest absolute Gasteiger partial charge is 0.391 e. The zero-order valence-electron chi connectivity index (χ0n) is 12.3. The van der Waals surface area contributed by atoms with E-state index in [0.29, 0.717) is 5.56 Å². The van der Waals surface area contributed by atoms with Crippen LogP contribution in [0.25, 0.3) is 0 Å². The van der Waals surface area contributed by atoms with E-state index in [0.717, 1.165) is 6.07 Å². The van der Waals surface area contributed by atoms with E-state index in [9.17, 15) is 13.9 Å². The van der Waals surface area contributed by atoms with Gasteiger partial charge in [0.05, 0.1) is 20.7 Å². The zero-order valence-corrected chi connectivity index (χ0v) is 13.3. The zero-order chi connectivity index (χ0) is 15.6. The first-order valence-electron chi connectivity index (χ1n) is 6.74. The van der Waals surface area contributed by atoms with E-state index in [1.165, 1.54) is 29.5 Å².